The van der Waals surface area contributed by atoms with Crippen LogP contribution in [0.25, 0.3) is 0 Å². The monoisotopic (exact) mass is 383 g/mol. The molecule has 2 aromatic rings. The first-order valence-electron chi connectivity index (χ1n) is 7.51. The molecule has 1 aromatic carbocycles. The Morgan fingerprint density at radius 2 is 1.56 bits per heavy atom. The molecular weight excluding hydrogens is 366 g/mol. The zero-order valence-corrected chi connectivity index (χ0v) is 14.8. The standard InChI is InChI=1S/C15H17N3O5S2/c19-24(20,17-15-3-1-2-8-16-15)13-4-6-14(7-5-13)25(21,22)18-9-11-23-12-10-18/h1-8H,9-12H2,(H,16,17). The Bertz CT molecular complexity index is 923. The SMILES string of the molecule is O=S(=O)(Nc1ccccn1)c1ccc(S(=O)(=O)N2CCOCC2)cc1. The van der Waals surface area contributed by atoms with E-state index >= 15 is 0 Å². The average molecular weight is 383 g/mol. The lowest BCUT2D eigenvalue weighted by molar-refractivity contribution is 0.0730. The second-order valence-electron chi connectivity index (χ2n) is 5.31. The Labute approximate surface area is 146 Å². The Kier molecular flexibility index (Phi) is 5.04. The van der Waals surface area contributed by atoms with E-state index in [1.807, 2.05) is 0 Å². The molecule has 0 amide bonds. The number of hydrogen-bond acceptors (Lipinski definition) is 6. The van der Waals surface area contributed by atoms with Crippen LogP contribution in [0.5, 0.6) is 0 Å². The molecule has 0 radical (unpaired) electrons. The van der Waals surface area contributed by atoms with Gasteiger partial charge >= 0.3 is 0 Å². The number of morpholine rings is 1. The molecule has 3 rings (SSSR count). The van der Waals surface area contributed by atoms with Gasteiger partial charge in [-0.1, -0.05) is 6.07 Å². The van der Waals surface area contributed by atoms with Crippen LogP contribution in [0, 0.1) is 0 Å². The fourth-order valence-corrected chi connectivity index (χ4v) is 4.76. The maximum Gasteiger partial charge on any atom is 0.263 e. The first kappa shape index (κ1) is 17.8. The lowest BCUT2D eigenvalue weighted by atomic mass is 10.4. The topological polar surface area (TPSA) is 106 Å². The number of anilines is 1. The Morgan fingerprint density at radius 1 is 0.920 bits per heavy atom. The summed E-state index contributed by atoms with van der Waals surface area (Å²) >= 11 is 0. The van der Waals surface area contributed by atoms with E-state index in [0.717, 1.165) is 0 Å². The molecule has 0 spiro atoms. The van der Waals surface area contributed by atoms with Gasteiger partial charge in [0.25, 0.3) is 10.0 Å². The molecule has 8 nitrogen and oxygen atoms in total. The van der Waals surface area contributed by atoms with Crippen molar-refractivity contribution in [1.29, 1.82) is 0 Å². The summed E-state index contributed by atoms with van der Waals surface area (Å²) < 4.78 is 58.6. The second-order valence-corrected chi connectivity index (χ2v) is 8.93. The number of nitrogens with one attached hydrogen (secondary N) is 1. The third-order valence-corrected chi connectivity index (χ3v) is 6.93. The number of nitrogens with zero attached hydrogens (tertiary/aromatic N) is 2. The van der Waals surface area contributed by atoms with Crippen LogP contribution in [-0.4, -0.2) is 52.4 Å². The number of pyridine rings is 1. The van der Waals surface area contributed by atoms with Gasteiger partial charge in [-0.2, -0.15) is 4.31 Å². The minimum Gasteiger partial charge on any atom is -0.379 e. The van der Waals surface area contributed by atoms with Gasteiger partial charge in [-0.15, -0.1) is 0 Å². The van der Waals surface area contributed by atoms with Crippen molar-refractivity contribution in [1.82, 2.24) is 9.29 Å². The second kappa shape index (κ2) is 7.08. The molecule has 0 saturated carbocycles. The normalized spacial score (nSPS) is 16.5. The van der Waals surface area contributed by atoms with Crippen molar-refractivity contribution in [2.24, 2.45) is 0 Å². The van der Waals surface area contributed by atoms with Crippen molar-refractivity contribution < 1.29 is 21.6 Å². The van der Waals surface area contributed by atoms with Gasteiger partial charge in [-0.05, 0) is 36.4 Å². The predicted octanol–water partition coefficient (Wildman–Crippen LogP) is 0.903. The van der Waals surface area contributed by atoms with Gasteiger partial charge in [0.05, 0.1) is 23.0 Å². The van der Waals surface area contributed by atoms with Crippen LogP contribution in [-0.2, 0) is 24.8 Å². The summed E-state index contributed by atoms with van der Waals surface area (Å²) in [6.07, 6.45) is 1.47. The van der Waals surface area contributed by atoms with Gasteiger partial charge in [0.15, 0.2) is 0 Å². The summed E-state index contributed by atoms with van der Waals surface area (Å²) in [5.41, 5.74) is 0. The van der Waals surface area contributed by atoms with Crippen LogP contribution in [0.15, 0.2) is 58.5 Å². The van der Waals surface area contributed by atoms with Crippen molar-refractivity contribution >= 4 is 25.9 Å². The van der Waals surface area contributed by atoms with Crippen molar-refractivity contribution in [3.05, 3.63) is 48.7 Å². The largest absolute Gasteiger partial charge is 0.379 e. The van der Waals surface area contributed by atoms with Crippen LogP contribution in [0.1, 0.15) is 0 Å². The van der Waals surface area contributed by atoms with E-state index in [1.54, 1.807) is 12.1 Å². The minimum absolute atomic E-state index is 0.0425. The summed E-state index contributed by atoms with van der Waals surface area (Å²) in [6, 6.07) is 9.95. The van der Waals surface area contributed by atoms with Gasteiger partial charge in [-0.3, -0.25) is 4.72 Å². The molecule has 1 N–H and O–H groups in total. The first-order valence-corrected chi connectivity index (χ1v) is 10.4. The zero-order chi connectivity index (χ0) is 17.9. The van der Waals surface area contributed by atoms with E-state index in [9.17, 15) is 16.8 Å². The summed E-state index contributed by atoms with van der Waals surface area (Å²) in [6.45, 7) is 1.26. The maximum atomic E-state index is 12.5. The maximum absolute atomic E-state index is 12.5. The van der Waals surface area contributed by atoms with E-state index in [1.165, 1.54) is 40.8 Å². The fraction of sp³-hybridized carbons (Fsp3) is 0.267. The van der Waals surface area contributed by atoms with Gasteiger partial charge in [0, 0.05) is 19.3 Å². The molecule has 2 heterocycles. The Balaban J connectivity index is 1.82. The lowest BCUT2D eigenvalue weighted by Crippen LogP contribution is -2.40. The molecule has 1 aromatic heterocycles. The number of benzene rings is 1. The smallest absolute Gasteiger partial charge is 0.263 e. The van der Waals surface area contributed by atoms with E-state index in [0.29, 0.717) is 13.2 Å². The number of ether oxygens (including phenoxy) is 1. The highest BCUT2D eigenvalue weighted by Gasteiger charge is 2.26. The fourth-order valence-electron chi connectivity index (χ4n) is 2.35. The summed E-state index contributed by atoms with van der Waals surface area (Å²) in [5, 5.41) is 0. The molecule has 0 aliphatic carbocycles. The van der Waals surface area contributed by atoms with Crippen LogP contribution in [0.3, 0.4) is 0 Å². The van der Waals surface area contributed by atoms with Crippen LogP contribution in [0.2, 0.25) is 0 Å². The molecular formula is C15H17N3O5S2. The Morgan fingerprint density at radius 3 is 2.16 bits per heavy atom. The van der Waals surface area contributed by atoms with E-state index in [-0.39, 0.29) is 28.7 Å². The molecule has 25 heavy (non-hydrogen) atoms. The number of aromatic nitrogens is 1. The summed E-state index contributed by atoms with van der Waals surface area (Å²) in [5.74, 6) is 0.188. The quantitative estimate of drug-likeness (QED) is 0.822. The molecule has 134 valence electrons. The van der Waals surface area contributed by atoms with Crippen LogP contribution in [0.4, 0.5) is 5.82 Å². The molecule has 1 aliphatic rings. The lowest BCUT2D eigenvalue weighted by Gasteiger charge is -2.26. The molecule has 1 aliphatic heterocycles. The van der Waals surface area contributed by atoms with Crippen molar-refractivity contribution in [2.75, 3.05) is 31.0 Å². The molecule has 1 fully saturated rings. The van der Waals surface area contributed by atoms with Gasteiger partial charge in [0.1, 0.15) is 5.82 Å². The molecule has 0 unspecified atom stereocenters. The number of sulfonamides is 2. The third-order valence-electron chi connectivity index (χ3n) is 3.65. The highest BCUT2D eigenvalue weighted by molar-refractivity contribution is 7.92. The Hall–Kier alpha value is -2.01. The third kappa shape index (κ3) is 3.98. The van der Waals surface area contributed by atoms with Gasteiger partial charge < -0.3 is 4.74 Å². The van der Waals surface area contributed by atoms with Crippen LogP contribution < -0.4 is 4.72 Å². The molecule has 1 saturated heterocycles. The van der Waals surface area contributed by atoms with E-state index in [2.05, 4.69) is 9.71 Å². The van der Waals surface area contributed by atoms with E-state index in [4.69, 9.17) is 4.74 Å². The molecule has 0 bridgehead atoms. The molecule has 0 atom stereocenters. The minimum atomic E-state index is -3.84. The highest BCUT2D eigenvalue weighted by Crippen LogP contribution is 2.20. The zero-order valence-electron chi connectivity index (χ0n) is 13.2. The average Bonchev–Trinajstić information content (AvgIpc) is 2.63. The first-order chi connectivity index (χ1) is 11.9. The molecule has 10 heteroatoms. The highest BCUT2D eigenvalue weighted by atomic mass is 32.2. The summed E-state index contributed by atoms with van der Waals surface area (Å²) in [4.78, 5) is 3.91. The summed E-state index contributed by atoms with van der Waals surface area (Å²) in [7, 11) is -7.50. The van der Waals surface area contributed by atoms with Crippen molar-refractivity contribution in [3.8, 4) is 0 Å². The predicted molar refractivity (Wildman–Crippen MR) is 91.1 cm³/mol. The number of hydrogen-bond donors (Lipinski definition) is 1. The van der Waals surface area contributed by atoms with E-state index < -0.39 is 20.0 Å². The van der Waals surface area contributed by atoms with Crippen LogP contribution >= 0.6 is 0 Å². The van der Waals surface area contributed by atoms with Gasteiger partial charge in [0.2, 0.25) is 10.0 Å². The number of rotatable bonds is 5. The van der Waals surface area contributed by atoms with Crippen molar-refractivity contribution in [2.45, 2.75) is 9.79 Å². The van der Waals surface area contributed by atoms with Crippen molar-refractivity contribution in [3.63, 3.8) is 0 Å². The van der Waals surface area contributed by atoms with Gasteiger partial charge in [-0.25, -0.2) is 21.8 Å².